The molecule has 0 amide bonds. The van der Waals surface area contributed by atoms with E-state index in [1.54, 1.807) is 59.5 Å². The molecule has 0 unspecified atom stereocenters. The van der Waals surface area contributed by atoms with Crippen molar-refractivity contribution in [3.63, 3.8) is 0 Å². The van der Waals surface area contributed by atoms with Crippen molar-refractivity contribution in [1.82, 2.24) is 19.1 Å². The van der Waals surface area contributed by atoms with E-state index in [-0.39, 0.29) is 41.7 Å². The van der Waals surface area contributed by atoms with Gasteiger partial charge in [-0.3, -0.25) is 9.78 Å². The van der Waals surface area contributed by atoms with E-state index in [4.69, 9.17) is 4.74 Å². The summed E-state index contributed by atoms with van der Waals surface area (Å²) in [6, 6.07) is 17.5. The van der Waals surface area contributed by atoms with Gasteiger partial charge in [0.1, 0.15) is 17.3 Å². The van der Waals surface area contributed by atoms with Gasteiger partial charge in [-0.2, -0.15) is 9.40 Å². The highest BCUT2D eigenvalue weighted by atomic mass is 32.2. The summed E-state index contributed by atoms with van der Waals surface area (Å²) < 4.78 is 49.4. The Bertz CT molecular complexity index is 1700. The van der Waals surface area contributed by atoms with Crippen LogP contribution in [-0.2, 0) is 16.4 Å². The summed E-state index contributed by atoms with van der Waals surface area (Å²) in [6.07, 6.45) is 5.80. The second-order valence-corrected chi connectivity index (χ2v) is 11.6. The van der Waals surface area contributed by atoms with Gasteiger partial charge in [0.15, 0.2) is 5.78 Å². The summed E-state index contributed by atoms with van der Waals surface area (Å²) in [5.41, 5.74) is 2.24. The largest absolute Gasteiger partial charge is 0.497 e. The fourth-order valence-corrected chi connectivity index (χ4v) is 7.00. The minimum absolute atomic E-state index is 0.0328. The summed E-state index contributed by atoms with van der Waals surface area (Å²) in [6.45, 7) is 0.178. The summed E-state index contributed by atoms with van der Waals surface area (Å²) >= 11 is 0. The standard InChI is InChI=1S/C29H25FN4O4S/c1-38-24-5-4-6-25(16-24)39(36,37)33-14-12-21-15-27-20(18-32-34(27)23-10-8-22(30)9-11-23)17-29(21,19-33)28(35)26-7-2-3-13-31-26/h2-11,13,15-16,18H,12,14,17,19H2,1H3/t29-/m1/s1. The number of carbonyl (C=O) groups is 1. The number of rotatable bonds is 6. The zero-order chi connectivity index (χ0) is 27.2. The molecule has 0 N–H and O–H groups in total. The molecule has 2 aromatic heterocycles. The molecule has 2 aliphatic rings. The van der Waals surface area contributed by atoms with E-state index in [0.717, 1.165) is 16.8 Å². The number of ether oxygens (including phenoxy) is 1. The molecule has 2 aromatic carbocycles. The molecule has 1 atom stereocenters. The average molecular weight is 545 g/mol. The lowest BCUT2D eigenvalue weighted by molar-refractivity contribution is 0.0770. The van der Waals surface area contributed by atoms with Crippen molar-refractivity contribution in [3.8, 4) is 11.4 Å². The first-order chi connectivity index (χ1) is 18.8. The predicted molar refractivity (Wildman–Crippen MR) is 143 cm³/mol. The van der Waals surface area contributed by atoms with Crippen molar-refractivity contribution >= 4 is 21.9 Å². The Morgan fingerprint density at radius 3 is 2.64 bits per heavy atom. The smallest absolute Gasteiger partial charge is 0.243 e. The molecule has 0 saturated carbocycles. The average Bonchev–Trinajstić information content (AvgIpc) is 3.38. The molecule has 198 valence electrons. The number of carbonyl (C=O) groups excluding carboxylic acids is 1. The number of fused-ring (bicyclic) bond motifs is 2. The third-order valence-corrected chi connectivity index (χ3v) is 9.30. The van der Waals surface area contributed by atoms with Gasteiger partial charge in [0, 0.05) is 25.4 Å². The number of Topliss-reactive ketones (excluding diaryl/α,β-unsaturated/α-hetero) is 1. The van der Waals surface area contributed by atoms with Crippen LogP contribution in [0.5, 0.6) is 5.75 Å². The van der Waals surface area contributed by atoms with Crippen LogP contribution in [0.4, 0.5) is 4.39 Å². The maximum absolute atomic E-state index is 14.2. The lowest BCUT2D eigenvalue weighted by Gasteiger charge is -2.44. The number of hydrogen-bond acceptors (Lipinski definition) is 6. The van der Waals surface area contributed by atoms with Gasteiger partial charge in [0.25, 0.3) is 0 Å². The van der Waals surface area contributed by atoms with Crippen molar-refractivity contribution in [1.29, 1.82) is 0 Å². The molecule has 6 rings (SSSR count). The van der Waals surface area contributed by atoms with Gasteiger partial charge in [0.2, 0.25) is 10.0 Å². The van der Waals surface area contributed by atoms with E-state index in [2.05, 4.69) is 10.1 Å². The highest BCUT2D eigenvalue weighted by Gasteiger charge is 2.51. The topological polar surface area (TPSA) is 94.4 Å². The maximum atomic E-state index is 14.2. The van der Waals surface area contributed by atoms with Gasteiger partial charge < -0.3 is 4.74 Å². The Morgan fingerprint density at radius 2 is 1.90 bits per heavy atom. The number of piperidine rings is 1. The number of ketones is 1. The molecule has 39 heavy (non-hydrogen) atoms. The molecule has 10 heteroatoms. The van der Waals surface area contributed by atoms with Crippen LogP contribution in [0.2, 0.25) is 0 Å². The molecule has 0 radical (unpaired) electrons. The third-order valence-electron chi connectivity index (χ3n) is 7.46. The van der Waals surface area contributed by atoms with Crippen molar-refractivity contribution in [2.24, 2.45) is 5.41 Å². The second-order valence-electron chi connectivity index (χ2n) is 9.68. The SMILES string of the molecule is COc1cccc(S(=O)(=O)N2CCC3=Cc4c(cnn4-c4ccc(F)cc4)C[C@@]3(C(=O)c3ccccn3)C2)c1. The van der Waals surface area contributed by atoms with E-state index < -0.39 is 15.4 Å². The lowest BCUT2D eigenvalue weighted by Crippen LogP contribution is -2.53. The quantitative estimate of drug-likeness (QED) is 0.336. The fraction of sp³-hybridized carbons (Fsp3) is 0.207. The van der Waals surface area contributed by atoms with Crippen LogP contribution >= 0.6 is 0 Å². The number of pyridine rings is 1. The van der Waals surface area contributed by atoms with Crippen LogP contribution in [0.3, 0.4) is 0 Å². The highest BCUT2D eigenvalue weighted by molar-refractivity contribution is 7.89. The third kappa shape index (κ3) is 4.25. The summed E-state index contributed by atoms with van der Waals surface area (Å²) in [5.74, 6) is -0.147. The Labute approximate surface area is 225 Å². The molecule has 4 aromatic rings. The zero-order valence-electron chi connectivity index (χ0n) is 21.1. The number of methoxy groups -OCH3 is 1. The van der Waals surface area contributed by atoms with Crippen molar-refractivity contribution in [2.75, 3.05) is 20.2 Å². The van der Waals surface area contributed by atoms with E-state index in [0.29, 0.717) is 17.9 Å². The maximum Gasteiger partial charge on any atom is 0.243 e. The minimum Gasteiger partial charge on any atom is -0.497 e. The fourth-order valence-electron chi connectivity index (χ4n) is 5.46. The normalized spacial score (nSPS) is 19.1. The van der Waals surface area contributed by atoms with Gasteiger partial charge in [-0.25, -0.2) is 17.5 Å². The van der Waals surface area contributed by atoms with Crippen LogP contribution in [0, 0.1) is 11.2 Å². The number of sulfonamides is 1. The van der Waals surface area contributed by atoms with Gasteiger partial charge in [-0.15, -0.1) is 0 Å². The van der Waals surface area contributed by atoms with Gasteiger partial charge in [0.05, 0.1) is 35.0 Å². The number of aromatic nitrogens is 3. The van der Waals surface area contributed by atoms with E-state index in [1.165, 1.54) is 35.7 Å². The number of halogens is 1. The van der Waals surface area contributed by atoms with Crippen molar-refractivity contribution in [2.45, 2.75) is 17.7 Å². The van der Waals surface area contributed by atoms with Crippen LogP contribution in [0.25, 0.3) is 11.8 Å². The summed E-state index contributed by atoms with van der Waals surface area (Å²) in [4.78, 5) is 18.6. The molecule has 1 aliphatic carbocycles. The lowest BCUT2D eigenvalue weighted by atomic mass is 9.65. The Kier molecular flexibility index (Phi) is 6.16. The Hall–Kier alpha value is -4.15. The van der Waals surface area contributed by atoms with Crippen molar-refractivity contribution in [3.05, 3.63) is 107 Å². The minimum atomic E-state index is -3.92. The van der Waals surface area contributed by atoms with Crippen LogP contribution in [0.15, 0.2) is 89.6 Å². The van der Waals surface area contributed by atoms with E-state index >= 15 is 0 Å². The highest BCUT2D eigenvalue weighted by Crippen LogP contribution is 2.47. The molecule has 1 fully saturated rings. The van der Waals surface area contributed by atoms with Gasteiger partial charge >= 0.3 is 0 Å². The summed E-state index contributed by atoms with van der Waals surface area (Å²) in [7, 11) is -2.44. The molecule has 1 saturated heterocycles. The first-order valence-corrected chi connectivity index (χ1v) is 13.9. The molecule has 8 nitrogen and oxygen atoms in total. The number of nitrogens with zero attached hydrogens (tertiary/aromatic N) is 4. The predicted octanol–water partition coefficient (Wildman–Crippen LogP) is 4.32. The van der Waals surface area contributed by atoms with Gasteiger partial charge in [-0.05, 0) is 73.0 Å². The van der Waals surface area contributed by atoms with Gasteiger partial charge in [-0.1, -0.05) is 17.7 Å². The van der Waals surface area contributed by atoms with E-state index in [9.17, 15) is 17.6 Å². The zero-order valence-corrected chi connectivity index (χ0v) is 21.9. The first-order valence-electron chi connectivity index (χ1n) is 12.5. The molecule has 3 heterocycles. The second kappa shape index (κ2) is 9.55. The number of hydrogen-bond donors (Lipinski definition) is 0. The van der Waals surface area contributed by atoms with Crippen LogP contribution < -0.4 is 4.74 Å². The van der Waals surface area contributed by atoms with Crippen LogP contribution in [-0.4, -0.2) is 53.5 Å². The molecular weight excluding hydrogens is 519 g/mol. The molecule has 0 bridgehead atoms. The molecule has 1 aliphatic heterocycles. The molecular formula is C29H25FN4O4S. The first kappa shape index (κ1) is 25.1. The molecule has 0 spiro atoms. The monoisotopic (exact) mass is 544 g/mol. The Balaban J connectivity index is 1.44. The summed E-state index contributed by atoms with van der Waals surface area (Å²) in [5, 5.41) is 4.53. The Morgan fingerprint density at radius 1 is 1.08 bits per heavy atom. The van der Waals surface area contributed by atoms with Crippen LogP contribution in [0.1, 0.15) is 28.2 Å². The number of benzene rings is 2. The van der Waals surface area contributed by atoms with Crippen molar-refractivity contribution < 1.29 is 22.3 Å². The van der Waals surface area contributed by atoms with E-state index in [1.807, 2.05) is 6.08 Å².